The van der Waals surface area contributed by atoms with Crippen LogP contribution in [-0.2, 0) is 4.79 Å². The Labute approximate surface area is 142 Å². The Morgan fingerprint density at radius 1 is 1.41 bits per heavy atom. The molecule has 0 saturated carbocycles. The molecule has 0 aromatic rings. The summed E-state index contributed by atoms with van der Waals surface area (Å²) in [6.45, 7) is 9.52. The quantitative estimate of drug-likeness (QED) is 0.607. The molecule has 1 amide bonds. The maximum absolute atomic E-state index is 12.2. The number of carbonyl (C=O) groups is 1. The van der Waals surface area contributed by atoms with Crippen molar-refractivity contribution in [1.82, 2.24) is 10.6 Å². The number of aliphatic hydroxyl groups excluding tert-OH is 1. The molecule has 1 fully saturated rings. The molecule has 0 spiro atoms. The molecule has 0 aromatic heterocycles. The van der Waals surface area contributed by atoms with Crippen LogP contribution in [0, 0.1) is 17.3 Å². The van der Waals surface area contributed by atoms with Crippen molar-refractivity contribution in [3.63, 3.8) is 0 Å². The fraction of sp³-hybridized carbons (Fsp3) is 0.941. The first kappa shape index (κ1) is 21.7. The van der Waals surface area contributed by atoms with Crippen LogP contribution in [0.2, 0.25) is 0 Å². The van der Waals surface area contributed by atoms with Gasteiger partial charge in [0.25, 0.3) is 0 Å². The third-order valence-corrected chi connectivity index (χ3v) is 5.45. The van der Waals surface area contributed by atoms with Crippen LogP contribution in [0.4, 0.5) is 0 Å². The van der Waals surface area contributed by atoms with E-state index < -0.39 is 0 Å². The van der Waals surface area contributed by atoms with Gasteiger partial charge in [0.15, 0.2) is 0 Å². The van der Waals surface area contributed by atoms with Gasteiger partial charge in [0.1, 0.15) is 0 Å². The molecule has 132 valence electrons. The monoisotopic (exact) mass is 334 g/mol. The number of rotatable bonds is 9. The molecule has 0 aromatic carbocycles. The molecule has 5 heteroatoms. The second kappa shape index (κ2) is 11.3. The van der Waals surface area contributed by atoms with Gasteiger partial charge in [-0.1, -0.05) is 20.8 Å². The average molecular weight is 335 g/mol. The second-order valence-electron chi connectivity index (χ2n) is 6.75. The maximum atomic E-state index is 12.2. The molecule has 3 N–H and O–H groups in total. The average Bonchev–Trinajstić information content (AvgIpc) is 2.52. The predicted molar refractivity (Wildman–Crippen MR) is 94.4 cm³/mol. The zero-order valence-corrected chi connectivity index (χ0v) is 15.3. The summed E-state index contributed by atoms with van der Waals surface area (Å²) in [5, 5.41) is 15.8. The van der Waals surface area contributed by atoms with Gasteiger partial charge in [-0.05, 0) is 62.4 Å². The summed E-state index contributed by atoms with van der Waals surface area (Å²) in [5.74, 6) is 1.23. The van der Waals surface area contributed by atoms with Crippen molar-refractivity contribution in [1.29, 1.82) is 0 Å². The number of amides is 1. The molecule has 1 saturated heterocycles. The standard InChI is InChI=1S/C17H34N2O2.ClH/c1-4-17(5-2,8-10-20)13-19-16(21)11-14(3)15-7-6-9-18-12-15;/h14-15,18,20H,4-13H2,1-3H3,(H,19,21);1H. The van der Waals surface area contributed by atoms with Crippen molar-refractivity contribution in [2.45, 2.75) is 59.3 Å². The first-order valence-corrected chi connectivity index (χ1v) is 8.65. The van der Waals surface area contributed by atoms with Gasteiger partial charge in [-0.15, -0.1) is 12.4 Å². The van der Waals surface area contributed by atoms with E-state index in [2.05, 4.69) is 31.4 Å². The van der Waals surface area contributed by atoms with Gasteiger partial charge in [-0.3, -0.25) is 4.79 Å². The van der Waals surface area contributed by atoms with Crippen molar-refractivity contribution in [3.05, 3.63) is 0 Å². The van der Waals surface area contributed by atoms with E-state index in [1.807, 2.05) is 0 Å². The highest BCUT2D eigenvalue weighted by molar-refractivity contribution is 5.85. The summed E-state index contributed by atoms with van der Waals surface area (Å²) in [6, 6.07) is 0. The highest BCUT2D eigenvalue weighted by Gasteiger charge is 2.27. The Kier molecular flexibility index (Phi) is 11.1. The summed E-state index contributed by atoms with van der Waals surface area (Å²) < 4.78 is 0. The second-order valence-corrected chi connectivity index (χ2v) is 6.75. The molecule has 0 aliphatic carbocycles. The van der Waals surface area contributed by atoms with Crippen LogP contribution in [0.3, 0.4) is 0 Å². The molecule has 2 atom stereocenters. The number of nitrogens with one attached hydrogen (secondary N) is 2. The largest absolute Gasteiger partial charge is 0.396 e. The van der Waals surface area contributed by atoms with Crippen molar-refractivity contribution >= 4 is 18.3 Å². The summed E-state index contributed by atoms with van der Waals surface area (Å²) >= 11 is 0. The van der Waals surface area contributed by atoms with Gasteiger partial charge in [-0.2, -0.15) is 0 Å². The molecular formula is C17H35ClN2O2. The number of piperidine rings is 1. The topological polar surface area (TPSA) is 61.4 Å². The van der Waals surface area contributed by atoms with E-state index in [4.69, 9.17) is 0 Å². The first-order chi connectivity index (χ1) is 10.1. The summed E-state index contributed by atoms with van der Waals surface area (Å²) in [7, 11) is 0. The lowest BCUT2D eigenvalue weighted by Crippen LogP contribution is -2.39. The lowest BCUT2D eigenvalue weighted by molar-refractivity contribution is -0.123. The summed E-state index contributed by atoms with van der Waals surface area (Å²) in [4.78, 5) is 12.2. The van der Waals surface area contributed by atoms with Gasteiger partial charge in [-0.25, -0.2) is 0 Å². The number of hydrogen-bond donors (Lipinski definition) is 3. The fourth-order valence-corrected chi connectivity index (χ4v) is 3.36. The minimum atomic E-state index is 0. The van der Waals surface area contributed by atoms with E-state index in [1.165, 1.54) is 12.8 Å². The lowest BCUT2D eigenvalue weighted by Gasteiger charge is -2.32. The molecule has 1 aliphatic heterocycles. The highest BCUT2D eigenvalue weighted by Crippen LogP contribution is 2.29. The van der Waals surface area contributed by atoms with Gasteiger partial charge in [0.05, 0.1) is 0 Å². The normalized spacial score (nSPS) is 20.1. The van der Waals surface area contributed by atoms with E-state index in [9.17, 15) is 9.90 Å². The number of carbonyl (C=O) groups excluding carboxylic acids is 1. The van der Waals surface area contributed by atoms with Crippen molar-refractivity contribution in [3.8, 4) is 0 Å². The SMILES string of the molecule is CCC(CC)(CCO)CNC(=O)CC(C)C1CCCNC1.Cl. The number of aliphatic hydroxyl groups is 1. The van der Waals surface area contributed by atoms with Crippen molar-refractivity contribution in [2.75, 3.05) is 26.2 Å². The Hall–Kier alpha value is -0.320. The Balaban J connectivity index is 0.00000441. The third-order valence-electron chi connectivity index (χ3n) is 5.45. The molecule has 1 heterocycles. The molecule has 0 radical (unpaired) electrons. The van der Waals surface area contributed by atoms with Crippen LogP contribution < -0.4 is 10.6 Å². The van der Waals surface area contributed by atoms with E-state index >= 15 is 0 Å². The lowest BCUT2D eigenvalue weighted by atomic mass is 9.79. The van der Waals surface area contributed by atoms with Gasteiger partial charge < -0.3 is 15.7 Å². The molecule has 22 heavy (non-hydrogen) atoms. The summed E-state index contributed by atoms with van der Waals surface area (Å²) in [6.07, 6.45) is 5.83. The predicted octanol–water partition coefficient (Wildman–Crippen LogP) is 2.74. The van der Waals surface area contributed by atoms with E-state index in [1.54, 1.807) is 0 Å². The van der Waals surface area contributed by atoms with Gasteiger partial charge >= 0.3 is 0 Å². The molecule has 0 bridgehead atoms. The van der Waals surface area contributed by atoms with Crippen LogP contribution in [0.25, 0.3) is 0 Å². The fourth-order valence-electron chi connectivity index (χ4n) is 3.36. The van der Waals surface area contributed by atoms with E-state index in [0.29, 0.717) is 24.8 Å². The smallest absolute Gasteiger partial charge is 0.220 e. The summed E-state index contributed by atoms with van der Waals surface area (Å²) in [5.41, 5.74) is 0.0556. The van der Waals surface area contributed by atoms with Crippen molar-refractivity contribution < 1.29 is 9.90 Å². The van der Waals surface area contributed by atoms with Crippen LogP contribution in [0.15, 0.2) is 0 Å². The molecule has 4 nitrogen and oxygen atoms in total. The van der Waals surface area contributed by atoms with Crippen LogP contribution >= 0.6 is 12.4 Å². The minimum absolute atomic E-state index is 0. The Bertz CT molecular complexity index is 303. The molecular weight excluding hydrogens is 300 g/mol. The molecule has 1 rings (SSSR count). The van der Waals surface area contributed by atoms with Crippen LogP contribution in [0.1, 0.15) is 59.3 Å². The van der Waals surface area contributed by atoms with Gasteiger partial charge in [0.2, 0.25) is 5.91 Å². The Morgan fingerprint density at radius 2 is 2.09 bits per heavy atom. The third kappa shape index (κ3) is 6.84. The molecule has 2 unspecified atom stereocenters. The maximum Gasteiger partial charge on any atom is 0.220 e. The zero-order valence-electron chi connectivity index (χ0n) is 14.5. The molecule has 1 aliphatic rings. The van der Waals surface area contributed by atoms with Crippen molar-refractivity contribution in [2.24, 2.45) is 17.3 Å². The van der Waals surface area contributed by atoms with E-state index in [-0.39, 0.29) is 30.3 Å². The number of hydrogen-bond acceptors (Lipinski definition) is 3. The number of halogens is 1. The van der Waals surface area contributed by atoms with Crippen LogP contribution in [0.5, 0.6) is 0 Å². The Morgan fingerprint density at radius 3 is 2.59 bits per heavy atom. The highest BCUT2D eigenvalue weighted by atomic mass is 35.5. The minimum Gasteiger partial charge on any atom is -0.396 e. The van der Waals surface area contributed by atoms with Gasteiger partial charge in [0, 0.05) is 19.6 Å². The first-order valence-electron chi connectivity index (χ1n) is 8.65. The zero-order chi connectivity index (χ0) is 15.7. The van der Waals surface area contributed by atoms with Crippen LogP contribution in [-0.4, -0.2) is 37.3 Å². The van der Waals surface area contributed by atoms with E-state index in [0.717, 1.165) is 32.4 Å².